The van der Waals surface area contributed by atoms with E-state index in [9.17, 15) is 22.8 Å². The van der Waals surface area contributed by atoms with Gasteiger partial charge in [0.25, 0.3) is 0 Å². The third kappa shape index (κ3) is 3.40. The van der Waals surface area contributed by atoms with Crippen LogP contribution in [-0.4, -0.2) is 22.7 Å². The highest BCUT2D eigenvalue weighted by Gasteiger charge is 2.52. The second-order valence-corrected chi connectivity index (χ2v) is 6.57. The van der Waals surface area contributed by atoms with E-state index >= 15 is 0 Å². The molecular formula is C22H14F3NO3. The molecule has 29 heavy (non-hydrogen) atoms. The molecule has 4 rings (SSSR count). The lowest BCUT2D eigenvalue weighted by molar-refractivity contribution is -0.174. The number of alkyl halides is 3. The zero-order valence-electron chi connectivity index (χ0n) is 14.9. The van der Waals surface area contributed by atoms with Crippen LogP contribution < -0.4 is 4.74 Å². The molecule has 0 saturated carbocycles. The average molecular weight is 397 g/mol. The van der Waals surface area contributed by atoms with Crippen LogP contribution >= 0.6 is 0 Å². The third-order valence-corrected chi connectivity index (χ3v) is 4.82. The van der Waals surface area contributed by atoms with Crippen molar-refractivity contribution >= 4 is 11.6 Å². The predicted octanol–water partition coefficient (Wildman–Crippen LogP) is 4.95. The van der Waals surface area contributed by atoms with Gasteiger partial charge in [-0.1, -0.05) is 42.5 Å². The number of hydrogen-bond donors (Lipinski definition) is 0. The van der Waals surface area contributed by atoms with Crippen LogP contribution in [0.1, 0.15) is 27.5 Å². The molecular weight excluding hydrogens is 383 g/mol. The number of Topliss-reactive ketones (excluding diaryl/α,β-unsaturated/α-hetero) is 2. The van der Waals surface area contributed by atoms with Crippen molar-refractivity contribution in [2.24, 2.45) is 5.92 Å². The number of pyridine rings is 1. The zero-order chi connectivity index (χ0) is 20.6. The number of fused-ring (bicyclic) bond motifs is 2. The van der Waals surface area contributed by atoms with Crippen LogP contribution in [0.25, 0.3) is 0 Å². The van der Waals surface area contributed by atoms with Crippen molar-refractivity contribution in [3.8, 4) is 11.5 Å². The summed E-state index contributed by atoms with van der Waals surface area (Å²) in [5.41, 5.74) is 0.493. The fourth-order valence-corrected chi connectivity index (χ4v) is 3.57. The molecule has 4 nitrogen and oxygen atoms in total. The largest absolute Gasteiger partial charge is 0.457 e. The molecule has 7 heteroatoms. The number of benzene rings is 2. The van der Waals surface area contributed by atoms with E-state index in [2.05, 4.69) is 4.98 Å². The number of ketones is 2. The molecule has 1 aromatic heterocycles. The Balaban J connectivity index is 1.94. The lowest BCUT2D eigenvalue weighted by atomic mass is 9.74. The van der Waals surface area contributed by atoms with Crippen molar-refractivity contribution in [1.29, 1.82) is 0 Å². The monoisotopic (exact) mass is 397 g/mol. The van der Waals surface area contributed by atoms with Gasteiger partial charge in [-0.05, 0) is 24.3 Å². The molecule has 0 N–H and O–H groups in total. The van der Waals surface area contributed by atoms with Crippen LogP contribution in [0.5, 0.6) is 11.5 Å². The topological polar surface area (TPSA) is 56.3 Å². The highest BCUT2D eigenvalue weighted by molar-refractivity contribution is 6.12. The maximum Gasteiger partial charge on any atom is 0.450 e. The summed E-state index contributed by atoms with van der Waals surface area (Å²) in [4.78, 5) is 29.5. The molecule has 0 fully saturated rings. The number of aromatic nitrogens is 1. The maximum absolute atomic E-state index is 13.5. The summed E-state index contributed by atoms with van der Waals surface area (Å²) < 4.78 is 46.4. The molecule has 0 spiro atoms. The Hall–Kier alpha value is -3.48. The molecule has 1 atom stereocenters. The van der Waals surface area contributed by atoms with E-state index in [-0.39, 0.29) is 5.69 Å². The first kappa shape index (κ1) is 18.9. The van der Waals surface area contributed by atoms with E-state index in [1.807, 2.05) is 0 Å². The van der Waals surface area contributed by atoms with Gasteiger partial charge in [0.05, 0.1) is 0 Å². The van der Waals surface area contributed by atoms with Gasteiger partial charge in [0.15, 0.2) is 5.78 Å². The molecule has 0 radical (unpaired) electrons. The van der Waals surface area contributed by atoms with Gasteiger partial charge in [-0.2, -0.15) is 13.2 Å². The molecule has 1 unspecified atom stereocenters. The summed E-state index contributed by atoms with van der Waals surface area (Å²) in [5, 5.41) is 0. The summed E-state index contributed by atoms with van der Waals surface area (Å²) in [5.74, 6) is -5.64. The summed E-state index contributed by atoms with van der Waals surface area (Å²) in [7, 11) is 0. The van der Waals surface area contributed by atoms with Gasteiger partial charge in [0, 0.05) is 23.2 Å². The van der Waals surface area contributed by atoms with Gasteiger partial charge in [-0.25, -0.2) is 0 Å². The second kappa shape index (κ2) is 7.16. The van der Waals surface area contributed by atoms with E-state index < -0.39 is 29.6 Å². The summed E-state index contributed by atoms with van der Waals surface area (Å²) in [6, 6.07) is 17.3. The number of halogens is 3. The van der Waals surface area contributed by atoms with Crippen LogP contribution in [0.3, 0.4) is 0 Å². The molecule has 0 amide bonds. The molecule has 2 aromatic carbocycles. The fourth-order valence-electron chi connectivity index (χ4n) is 3.57. The Morgan fingerprint density at radius 3 is 1.93 bits per heavy atom. The van der Waals surface area contributed by atoms with Crippen LogP contribution in [0.15, 0.2) is 72.9 Å². The maximum atomic E-state index is 13.5. The van der Waals surface area contributed by atoms with E-state index in [1.54, 1.807) is 48.5 Å². The first-order valence-electron chi connectivity index (χ1n) is 8.80. The highest BCUT2D eigenvalue weighted by atomic mass is 19.4. The number of hydrogen-bond acceptors (Lipinski definition) is 4. The van der Waals surface area contributed by atoms with Gasteiger partial charge >= 0.3 is 6.18 Å². The SMILES string of the molecule is O=C(c1ccccn1)C(C(=O)C(F)(F)F)C1c2ccccc2Oc2ccccc21. The number of ether oxygens (including phenoxy) is 1. The van der Waals surface area contributed by atoms with E-state index in [0.29, 0.717) is 22.6 Å². The quantitative estimate of drug-likeness (QED) is 0.462. The Kier molecular flexibility index (Phi) is 4.66. The van der Waals surface area contributed by atoms with Gasteiger partial charge in [-0.15, -0.1) is 0 Å². The molecule has 3 aromatic rings. The second-order valence-electron chi connectivity index (χ2n) is 6.57. The summed E-state index contributed by atoms with van der Waals surface area (Å²) in [6.07, 6.45) is -3.88. The minimum atomic E-state index is -5.18. The lowest BCUT2D eigenvalue weighted by Gasteiger charge is -2.32. The minimum Gasteiger partial charge on any atom is -0.457 e. The third-order valence-electron chi connectivity index (χ3n) is 4.82. The molecule has 0 aliphatic carbocycles. The summed E-state index contributed by atoms with van der Waals surface area (Å²) in [6.45, 7) is 0. The van der Waals surface area contributed by atoms with Crippen molar-refractivity contribution in [2.45, 2.75) is 12.1 Å². The number of carbonyl (C=O) groups excluding carboxylic acids is 2. The van der Waals surface area contributed by atoms with Crippen molar-refractivity contribution in [2.75, 3.05) is 0 Å². The van der Waals surface area contributed by atoms with Crippen LogP contribution in [-0.2, 0) is 4.79 Å². The van der Waals surface area contributed by atoms with Gasteiger partial charge in [0.2, 0.25) is 5.78 Å². The van der Waals surface area contributed by atoms with Crippen molar-refractivity contribution in [3.05, 3.63) is 89.7 Å². The smallest absolute Gasteiger partial charge is 0.450 e. The van der Waals surface area contributed by atoms with Crippen molar-refractivity contribution in [1.82, 2.24) is 4.98 Å². The Morgan fingerprint density at radius 1 is 0.862 bits per heavy atom. The number of carbonyl (C=O) groups is 2. The standard InChI is InChI=1S/C22H14F3NO3/c23-22(24,25)21(28)19(20(27)15-9-5-6-12-26-15)18-13-7-1-3-10-16(13)29-17-11-4-2-8-14(17)18/h1-12,18-19H. The van der Waals surface area contributed by atoms with Crippen LogP contribution in [0.2, 0.25) is 0 Å². The minimum absolute atomic E-state index is 0.198. The van der Waals surface area contributed by atoms with Gasteiger partial charge < -0.3 is 4.74 Å². The van der Waals surface area contributed by atoms with E-state index in [4.69, 9.17) is 4.74 Å². The Morgan fingerprint density at radius 2 is 1.41 bits per heavy atom. The molecule has 2 heterocycles. The number of nitrogens with zero attached hydrogens (tertiary/aromatic N) is 1. The van der Waals surface area contributed by atoms with Crippen LogP contribution in [0, 0.1) is 5.92 Å². The molecule has 0 saturated heterocycles. The van der Waals surface area contributed by atoms with Gasteiger partial charge in [0.1, 0.15) is 23.1 Å². The number of para-hydroxylation sites is 2. The zero-order valence-corrected chi connectivity index (χ0v) is 14.9. The molecule has 1 aliphatic rings. The normalized spacial score (nSPS) is 14.3. The van der Waals surface area contributed by atoms with Crippen molar-refractivity contribution in [3.63, 3.8) is 0 Å². The van der Waals surface area contributed by atoms with Crippen molar-refractivity contribution < 1.29 is 27.5 Å². The first-order valence-corrected chi connectivity index (χ1v) is 8.80. The molecule has 0 bridgehead atoms. The Bertz CT molecular complexity index is 1030. The van der Waals surface area contributed by atoms with E-state index in [1.165, 1.54) is 24.4 Å². The number of rotatable bonds is 4. The molecule has 146 valence electrons. The lowest BCUT2D eigenvalue weighted by Crippen LogP contribution is -2.40. The van der Waals surface area contributed by atoms with E-state index in [0.717, 1.165) is 0 Å². The van der Waals surface area contributed by atoms with Crippen LogP contribution in [0.4, 0.5) is 13.2 Å². The highest BCUT2D eigenvalue weighted by Crippen LogP contribution is 2.49. The molecule has 1 aliphatic heterocycles. The fraction of sp³-hybridized carbons (Fsp3) is 0.136. The first-order chi connectivity index (χ1) is 13.9. The van der Waals surface area contributed by atoms with Gasteiger partial charge in [-0.3, -0.25) is 14.6 Å². The average Bonchev–Trinajstić information content (AvgIpc) is 2.73. The Labute approximate surface area is 164 Å². The summed E-state index contributed by atoms with van der Waals surface area (Å²) >= 11 is 0. The predicted molar refractivity (Wildman–Crippen MR) is 97.9 cm³/mol.